The number of carbonyl (C=O) groups is 1. The van der Waals surface area contributed by atoms with Crippen molar-refractivity contribution in [3.63, 3.8) is 0 Å². The van der Waals surface area contributed by atoms with E-state index < -0.39 is 5.97 Å². The van der Waals surface area contributed by atoms with Gasteiger partial charge in [0, 0.05) is 11.7 Å². The van der Waals surface area contributed by atoms with Crippen LogP contribution in [-0.4, -0.2) is 11.1 Å². The lowest BCUT2D eigenvalue weighted by atomic mass is 10.1. The Kier molecular flexibility index (Phi) is 4.39. The highest BCUT2D eigenvalue weighted by molar-refractivity contribution is 9.10. The number of carboxylic acids is 1. The second kappa shape index (κ2) is 6.05. The third-order valence-corrected chi connectivity index (χ3v) is 3.58. The smallest absolute Gasteiger partial charge is 0.337 e. The quantitative estimate of drug-likeness (QED) is 0.865. The molecule has 1 unspecified atom stereocenters. The second-order valence-corrected chi connectivity index (χ2v) is 5.24. The molecule has 0 fully saturated rings. The highest BCUT2D eigenvalue weighted by Crippen LogP contribution is 2.25. The van der Waals surface area contributed by atoms with E-state index in [2.05, 4.69) is 21.2 Å². The molecule has 0 bridgehead atoms. The maximum Gasteiger partial charge on any atom is 0.337 e. The number of hydrogen-bond donors (Lipinski definition) is 2. The molecule has 0 spiro atoms. The molecule has 0 aliphatic carbocycles. The van der Waals surface area contributed by atoms with E-state index in [1.54, 1.807) is 30.3 Å². The van der Waals surface area contributed by atoms with Gasteiger partial charge in [0.1, 0.15) is 5.82 Å². The number of halogens is 2. The lowest BCUT2D eigenvalue weighted by Crippen LogP contribution is -2.10. The summed E-state index contributed by atoms with van der Waals surface area (Å²) in [5.74, 6) is -1.31. The first-order valence-electron chi connectivity index (χ1n) is 6.03. The van der Waals surface area contributed by atoms with Gasteiger partial charge < -0.3 is 10.4 Å². The van der Waals surface area contributed by atoms with Crippen molar-refractivity contribution in [3.05, 3.63) is 63.9 Å². The van der Waals surface area contributed by atoms with Crippen LogP contribution in [0.1, 0.15) is 28.9 Å². The van der Waals surface area contributed by atoms with Crippen LogP contribution in [0.15, 0.2) is 46.9 Å². The van der Waals surface area contributed by atoms with Gasteiger partial charge in [0.15, 0.2) is 0 Å². The Labute approximate surface area is 124 Å². The van der Waals surface area contributed by atoms with Gasteiger partial charge in [0.05, 0.1) is 10.0 Å². The minimum absolute atomic E-state index is 0.146. The zero-order valence-corrected chi connectivity index (χ0v) is 12.3. The molecular weight excluding hydrogens is 325 g/mol. The Morgan fingerprint density at radius 3 is 2.65 bits per heavy atom. The molecule has 2 aromatic rings. The molecule has 1 atom stereocenters. The first kappa shape index (κ1) is 14.5. The Bertz CT molecular complexity index is 646. The van der Waals surface area contributed by atoms with Gasteiger partial charge in [-0.05, 0) is 52.7 Å². The average Bonchev–Trinajstić information content (AvgIpc) is 2.42. The van der Waals surface area contributed by atoms with Crippen LogP contribution in [0, 0.1) is 5.82 Å². The molecule has 0 aliphatic heterocycles. The highest BCUT2D eigenvalue weighted by atomic mass is 79.9. The number of aromatic carboxylic acids is 1. The molecule has 0 radical (unpaired) electrons. The van der Waals surface area contributed by atoms with E-state index in [-0.39, 0.29) is 17.4 Å². The van der Waals surface area contributed by atoms with Gasteiger partial charge in [0.2, 0.25) is 0 Å². The summed E-state index contributed by atoms with van der Waals surface area (Å²) in [5.41, 5.74) is 1.60. The van der Waals surface area contributed by atoms with Gasteiger partial charge >= 0.3 is 5.97 Å². The van der Waals surface area contributed by atoms with Gasteiger partial charge in [-0.25, -0.2) is 9.18 Å². The van der Waals surface area contributed by atoms with Crippen molar-refractivity contribution in [1.82, 2.24) is 0 Å². The largest absolute Gasteiger partial charge is 0.478 e. The number of carboxylic acid groups (broad SMARTS) is 1. The number of benzene rings is 2. The van der Waals surface area contributed by atoms with Gasteiger partial charge in [-0.1, -0.05) is 18.2 Å². The van der Waals surface area contributed by atoms with Gasteiger partial charge in [-0.2, -0.15) is 0 Å². The topological polar surface area (TPSA) is 49.3 Å². The van der Waals surface area contributed by atoms with Crippen molar-refractivity contribution in [3.8, 4) is 0 Å². The standard InChI is InChI=1S/C15H13BrFNO2/c1-9(10-6-7-13(17)12(16)8-10)18-14-5-3-2-4-11(14)15(19)20/h2-9,18H,1H3,(H,19,20). The highest BCUT2D eigenvalue weighted by Gasteiger charge is 2.13. The zero-order chi connectivity index (χ0) is 14.7. The molecule has 0 saturated carbocycles. The third-order valence-electron chi connectivity index (χ3n) is 2.97. The number of para-hydroxylation sites is 1. The van der Waals surface area contributed by atoms with Crippen LogP contribution >= 0.6 is 15.9 Å². The monoisotopic (exact) mass is 337 g/mol. The van der Waals surface area contributed by atoms with E-state index in [0.717, 1.165) is 5.56 Å². The molecule has 0 aliphatic rings. The van der Waals surface area contributed by atoms with E-state index in [1.165, 1.54) is 12.1 Å². The van der Waals surface area contributed by atoms with Crippen LogP contribution in [0.25, 0.3) is 0 Å². The van der Waals surface area contributed by atoms with Crippen LogP contribution in [0.5, 0.6) is 0 Å². The maximum absolute atomic E-state index is 13.2. The van der Waals surface area contributed by atoms with E-state index in [0.29, 0.717) is 10.2 Å². The molecule has 2 rings (SSSR count). The van der Waals surface area contributed by atoms with Crippen molar-refractivity contribution in [1.29, 1.82) is 0 Å². The van der Waals surface area contributed by atoms with E-state index in [9.17, 15) is 9.18 Å². The fraction of sp³-hybridized carbons (Fsp3) is 0.133. The van der Waals surface area contributed by atoms with Crippen LogP contribution in [0.2, 0.25) is 0 Å². The molecule has 0 aromatic heterocycles. The maximum atomic E-state index is 13.2. The summed E-state index contributed by atoms with van der Waals surface area (Å²) < 4.78 is 13.6. The molecular formula is C15H13BrFNO2. The molecule has 104 valence electrons. The molecule has 0 heterocycles. The first-order valence-corrected chi connectivity index (χ1v) is 6.82. The predicted molar refractivity (Wildman–Crippen MR) is 79.5 cm³/mol. The molecule has 0 amide bonds. The zero-order valence-electron chi connectivity index (χ0n) is 10.7. The van der Waals surface area contributed by atoms with Crippen molar-refractivity contribution >= 4 is 27.6 Å². The molecule has 5 heteroatoms. The number of rotatable bonds is 4. The number of nitrogens with one attached hydrogen (secondary N) is 1. The lowest BCUT2D eigenvalue weighted by Gasteiger charge is -2.17. The minimum atomic E-state index is -0.986. The third kappa shape index (κ3) is 3.17. The molecule has 2 N–H and O–H groups in total. The van der Waals surface area contributed by atoms with Crippen LogP contribution in [0.4, 0.5) is 10.1 Å². The fourth-order valence-corrected chi connectivity index (χ4v) is 2.29. The van der Waals surface area contributed by atoms with Gasteiger partial charge in [-0.15, -0.1) is 0 Å². The van der Waals surface area contributed by atoms with E-state index in [1.807, 2.05) is 6.92 Å². The summed E-state index contributed by atoms with van der Waals surface area (Å²) in [4.78, 5) is 11.1. The van der Waals surface area contributed by atoms with Crippen molar-refractivity contribution in [2.24, 2.45) is 0 Å². The van der Waals surface area contributed by atoms with Crippen molar-refractivity contribution in [2.45, 2.75) is 13.0 Å². The first-order chi connectivity index (χ1) is 9.49. The summed E-state index contributed by atoms with van der Waals surface area (Å²) >= 11 is 3.14. The number of anilines is 1. The summed E-state index contributed by atoms with van der Waals surface area (Å²) in [5, 5.41) is 12.3. The average molecular weight is 338 g/mol. The second-order valence-electron chi connectivity index (χ2n) is 4.39. The van der Waals surface area contributed by atoms with Crippen LogP contribution in [-0.2, 0) is 0 Å². The van der Waals surface area contributed by atoms with E-state index in [4.69, 9.17) is 5.11 Å². The van der Waals surface area contributed by atoms with Crippen LogP contribution < -0.4 is 5.32 Å². The Morgan fingerprint density at radius 1 is 1.30 bits per heavy atom. The lowest BCUT2D eigenvalue weighted by molar-refractivity contribution is 0.0698. The summed E-state index contributed by atoms with van der Waals surface area (Å²) in [6.45, 7) is 1.89. The van der Waals surface area contributed by atoms with Gasteiger partial charge in [-0.3, -0.25) is 0 Å². The Morgan fingerprint density at radius 2 is 2.00 bits per heavy atom. The SMILES string of the molecule is CC(Nc1ccccc1C(=O)O)c1ccc(F)c(Br)c1. The van der Waals surface area contributed by atoms with Crippen molar-refractivity contribution < 1.29 is 14.3 Å². The normalized spacial score (nSPS) is 11.9. The van der Waals surface area contributed by atoms with Crippen molar-refractivity contribution in [2.75, 3.05) is 5.32 Å². The summed E-state index contributed by atoms with van der Waals surface area (Å²) in [6, 6.07) is 11.3. The minimum Gasteiger partial charge on any atom is -0.478 e. The molecule has 0 saturated heterocycles. The predicted octanol–water partition coefficient (Wildman–Crippen LogP) is 4.46. The Balaban J connectivity index is 2.25. The van der Waals surface area contributed by atoms with Crippen LogP contribution in [0.3, 0.4) is 0 Å². The molecule has 3 nitrogen and oxygen atoms in total. The molecule has 20 heavy (non-hydrogen) atoms. The summed E-state index contributed by atoms with van der Waals surface area (Å²) in [7, 11) is 0. The summed E-state index contributed by atoms with van der Waals surface area (Å²) in [6.07, 6.45) is 0. The Hall–Kier alpha value is -1.88. The molecule has 2 aromatic carbocycles. The van der Waals surface area contributed by atoms with Gasteiger partial charge in [0.25, 0.3) is 0 Å². The number of hydrogen-bond acceptors (Lipinski definition) is 2. The fourth-order valence-electron chi connectivity index (χ4n) is 1.89. The van der Waals surface area contributed by atoms with E-state index >= 15 is 0 Å².